The zero-order valence-electron chi connectivity index (χ0n) is 14.7. The molecule has 0 spiro atoms. The number of rotatable bonds is 7. The van der Waals surface area contributed by atoms with E-state index in [1.54, 1.807) is 26.0 Å². The molecule has 0 aliphatic rings. The summed E-state index contributed by atoms with van der Waals surface area (Å²) in [5, 5.41) is 3.34. The Hall–Kier alpha value is -2.28. The summed E-state index contributed by atoms with van der Waals surface area (Å²) in [6, 6.07) is 4.38. The quantitative estimate of drug-likeness (QED) is 0.594. The van der Waals surface area contributed by atoms with Crippen LogP contribution in [0, 0.1) is 25.6 Å². The van der Waals surface area contributed by atoms with Crippen LogP contribution < -0.4 is 5.32 Å². The highest BCUT2D eigenvalue weighted by Gasteiger charge is 2.18. The Labute approximate surface area is 150 Å². The van der Waals surface area contributed by atoms with Gasteiger partial charge in [-0.15, -0.1) is 0 Å². The summed E-state index contributed by atoms with van der Waals surface area (Å²) in [6.07, 6.45) is 0. The zero-order valence-corrected chi connectivity index (χ0v) is 15.5. The number of hydrogen-bond acceptors (Lipinski definition) is 6. The highest BCUT2D eigenvalue weighted by Crippen LogP contribution is 2.23. The lowest BCUT2D eigenvalue weighted by Gasteiger charge is -2.05. The highest BCUT2D eigenvalue weighted by molar-refractivity contribution is 7.17. The maximum atomic E-state index is 13.5. The molecule has 1 N–H and O–H groups in total. The molecule has 2 aromatic rings. The van der Waals surface area contributed by atoms with E-state index in [1.807, 2.05) is 13.8 Å². The fraction of sp³-hybridized carbons (Fsp3) is 0.389. The number of aryl methyl sites for hydroxylation is 2. The van der Waals surface area contributed by atoms with E-state index in [4.69, 9.17) is 4.74 Å². The maximum absolute atomic E-state index is 13.5. The number of hydrogen-bond donors (Lipinski definition) is 1. The molecule has 1 heterocycles. The highest BCUT2D eigenvalue weighted by atomic mass is 32.1. The first kappa shape index (κ1) is 19.1. The molecule has 0 aliphatic carbocycles. The summed E-state index contributed by atoms with van der Waals surface area (Å²) in [5.41, 5.74) is 1.33. The molecule has 7 heteroatoms. The number of carbonyl (C=O) groups excluding carboxylic acids is 2. The predicted molar refractivity (Wildman–Crippen MR) is 95.9 cm³/mol. The molecule has 1 aromatic heterocycles. The van der Waals surface area contributed by atoms with E-state index in [0.29, 0.717) is 33.4 Å². The number of carbonyl (C=O) groups is 2. The Kier molecular flexibility index (Phi) is 6.25. The molecule has 0 amide bonds. The normalized spacial score (nSPS) is 10.8. The van der Waals surface area contributed by atoms with Crippen LogP contribution >= 0.6 is 11.3 Å². The topological polar surface area (TPSA) is 68.3 Å². The van der Waals surface area contributed by atoms with Gasteiger partial charge in [0.2, 0.25) is 0 Å². The van der Waals surface area contributed by atoms with Crippen LogP contribution in [0.5, 0.6) is 0 Å². The molecule has 0 unspecified atom stereocenters. The number of anilines is 1. The van der Waals surface area contributed by atoms with E-state index in [1.165, 1.54) is 6.07 Å². The first-order valence-corrected chi connectivity index (χ1v) is 8.77. The van der Waals surface area contributed by atoms with E-state index in [2.05, 4.69) is 10.3 Å². The van der Waals surface area contributed by atoms with Crippen LogP contribution in [0.3, 0.4) is 0 Å². The zero-order chi connectivity index (χ0) is 18.6. The SMILES string of the molecule is Cc1ccc(C(=O)CNc2nc(C)c(C(=O)OCC(C)C)s2)cc1F. The first-order chi connectivity index (χ1) is 11.8. The molecule has 2 rings (SSSR count). The summed E-state index contributed by atoms with van der Waals surface area (Å²) < 4.78 is 18.7. The van der Waals surface area contributed by atoms with E-state index in [-0.39, 0.29) is 18.2 Å². The minimum absolute atomic E-state index is 0.0318. The molecule has 1 aromatic carbocycles. The number of Topliss-reactive ketones (excluding diaryl/α,β-unsaturated/α-hetero) is 1. The minimum Gasteiger partial charge on any atom is -0.461 e. The van der Waals surface area contributed by atoms with Crippen LogP contribution in [0.2, 0.25) is 0 Å². The number of thiazole rings is 1. The second kappa shape index (κ2) is 8.20. The van der Waals surface area contributed by atoms with Gasteiger partial charge in [-0.2, -0.15) is 0 Å². The van der Waals surface area contributed by atoms with Crippen LogP contribution in [0.15, 0.2) is 18.2 Å². The summed E-state index contributed by atoms with van der Waals surface area (Å²) in [6.45, 7) is 7.58. The summed E-state index contributed by atoms with van der Waals surface area (Å²) in [7, 11) is 0. The van der Waals surface area contributed by atoms with Gasteiger partial charge >= 0.3 is 5.97 Å². The van der Waals surface area contributed by atoms with Gasteiger partial charge in [0.1, 0.15) is 10.7 Å². The Bertz CT molecular complexity index is 787. The van der Waals surface area contributed by atoms with Crippen molar-refractivity contribution in [2.24, 2.45) is 5.92 Å². The molecule has 0 saturated carbocycles. The van der Waals surface area contributed by atoms with E-state index >= 15 is 0 Å². The number of ketones is 1. The van der Waals surface area contributed by atoms with Crippen molar-refractivity contribution in [2.75, 3.05) is 18.5 Å². The van der Waals surface area contributed by atoms with E-state index in [9.17, 15) is 14.0 Å². The third-order valence-electron chi connectivity index (χ3n) is 3.42. The van der Waals surface area contributed by atoms with Gasteiger partial charge in [0, 0.05) is 5.56 Å². The fourth-order valence-corrected chi connectivity index (χ4v) is 2.85. The average molecular weight is 364 g/mol. The number of esters is 1. The van der Waals surface area contributed by atoms with Crippen molar-refractivity contribution in [2.45, 2.75) is 27.7 Å². The molecule has 0 aliphatic heterocycles. The third-order valence-corrected chi connectivity index (χ3v) is 4.52. The lowest BCUT2D eigenvalue weighted by molar-refractivity contribution is 0.0463. The molecule has 0 fully saturated rings. The van der Waals surface area contributed by atoms with Crippen molar-refractivity contribution >= 4 is 28.2 Å². The van der Waals surface area contributed by atoms with Crippen molar-refractivity contribution in [3.05, 3.63) is 45.7 Å². The fourth-order valence-electron chi connectivity index (χ4n) is 1.99. The van der Waals surface area contributed by atoms with Crippen molar-refractivity contribution in [3.8, 4) is 0 Å². The van der Waals surface area contributed by atoms with Gasteiger partial charge < -0.3 is 10.1 Å². The van der Waals surface area contributed by atoms with Crippen molar-refractivity contribution in [3.63, 3.8) is 0 Å². The van der Waals surface area contributed by atoms with E-state index in [0.717, 1.165) is 11.3 Å². The second-order valence-electron chi connectivity index (χ2n) is 6.17. The number of halogens is 1. The van der Waals surface area contributed by atoms with Crippen LogP contribution in [0.4, 0.5) is 9.52 Å². The standard InChI is InChI=1S/C18H21FN2O3S/c1-10(2)9-24-17(23)16-12(4)21-18(25-16)20-8-15(22)13-6-5-11(3)14(19)7-13/h5-7,10H,8-9H2,1-4H3,(H,20,21). The van der Waals surface area contributed by atoms with Gasteiger partial charge in [0.05, 0.1) is 18.8 Å². The van der Waals surface area contributed by atoms with Gasteiger partial charge in [-0.3, -0.25) is 4.79 Å². The van der Waals surface area contributed by atoms with Gasteiger partial charge in [0.25, 0.3) is 0 Å². The van der Waals surface area contributed by atoms with Crippen molar-refractivity contribution in [1.82, 2.24) is 4.98 Å². The lowest BCUT2D eigenvalue weighted by Crippen LogP contribution is -2.14. The van der Waals surface area contributed by atoms with Crippen LogP contribution in [0.25, 0.3) is 0 Å². The molecule has 0 atom stereocenters. The van der Waals surface area contributed by atoms with Crippen molar-refractivity contribution in [1.29, 1.82) is 0 Å². The van der Waals surface area contributed by atoms with Gasteiger partial charge in [-0.1, -0.05) is 37.3 Å². The Balaban J connectivity index is 1.99. The number of benzene rings is 1. The molecule has 0 radical (unpaired) electrons. The Morgan fingerprint density at radius 3 is 2.68 bits per heavy atom. The number of aromatic nitrogens is 1. The minimum atomic E-state index is -0.413. The predicted octanol–water partition coefficient (Wildman–Crippen LogP) is 4.01. The molecular formula is C18H21FN2O3S. The van der Waals surface area contributed by atoms with Gasteiger partial charge in [0.15, 0.2) is 10.9 Å². The number of nitrogens with one attached hydrogen (secondary N) is 1. The average Bonchev–Trinajstić information content (AvgIpc) is 2.93. The summed E-state index contributed by atoms with van der Waals surface area (Å²) in [4.78, 5) is 28.8. The lowest BCUT2D eigenvalue weighted by atomic mass is 10.1. The Morgan fingerprint density at radius 2 is 2.04 bits per heavy atom. The molecule has 0 bridgehead atoms. The maximum Gasteiger partial charge on any atom is 0.350 e. The molecule has 0 saturated heterocycles. The molecule has 134 valence electrons. The second-order valence-corrected chi connectivity index (χ2v) is 7.17. The van der Waals surface area contributed by atoms with Gasteiger partial charge in [-0.25, -0.2) is 14.2 Å². The van der Waals surface area contributed by atoms with E-state index < -0.39 is 11.8 Å². The Morgan fingerprint density at radius 1 is 1.32 bits per heavy atom. The smallest absolute Gasteiger partial charge is 0.350 e. The monoisotopic (exact) mass is 364 g/mol. The number of nitrogens with zero attached hydrogens (tertiary/aromatic N) is 1. The molecular weight excluding hydrogens is 343 g/mol. The summed E-state index contributed by atoms with van der Waals surface area (Å²) in [5.74, 6) is -0.826. The van der Waals surface area contributed by atoms with Crippen molar-refractivity contribution < 1.29 is 18.7 Å². The van der Waals surface area contributed by atoms with Crippen LogP contribution in [0.1, 0.15) is 45.1 Å². The molecule has 5 nitrogen and oxygen atoms in total. The number of ether oxygens (including phenoxy) is 1. The molecule has 25 heavy (non-hydrogen) atoms. The largest absolute Gasteiger partial charge is 0.461 e. The van der Waals surface area contributed by atoms with Crippen LogP contribution in [-0.2, 0) is 4.74 Å². The van der Waals surface area contributed by atoms with Gasteiger partial charge in [-0.05, 0) is 31.4 Å². The van der Waals surface area contributed by atoms with Crippen LogP contribution in [-0.4, -0.2) is 29.9 Å². The summed E-state index contributed by atoms with van der Waals surface area (Å²) >= 11 is 1.14. The first-order valence-electron chi connectivity index (χ1n) is 7.95. The third kappa shape index (κ3) is 5.09.